The van der Waals surface area contributed by atoms with Crippen LogP contribution in [0.15, 0.2) is 58.7 Å². The summed E-state index contributed by atoms with van der Waals surface area (Å²) in [6.07, 6.45) is 0.204. The molecule has 0 saturated carbocycles. The molecule has 1 aliphatic heterocycles. The number of aliphatic imine (C=N–C) groups is 1. The van der Waals surface area contributed by atoms with Crippen molar-refractivity contribution in [3.63, 3.8) is 0 Å². The average molecular weight is 382 g/mol. The highest BCUT2D eigenvalue weighted by atomic mass is 32.1. The summed E-state index contributed by atoms with van der Waals surface area (Å²) in [6, 6.07) is 13.1. The topological polar surface area (TPSA) is 80.4 Å². The number of para-hydroxylation sites is 1. The number of halogens is 1. The van der Waals surface area contributed by atoms with Crippen LogP contribution in [-0.2, 0) is 4.79 Å². The number of carbonyl (C=O) groups is 1. The molecule has 2 heterocycles. The van der Waals surface area contributed by atoms with Crippen molar-refractivity contribution >= 4 is 24.3 Å². The lowest BCUT2D eigenvalue weighted by Gasteiger charge is -2.11. The van der Waals surface area contributed by atoms with Gasteiger partial charge in [0.15, 0.2) is 11.0 Å². The van der Waals surface area contributed by atoms with Gasteiger partial charge in [-0.3, -0.25) is 14.4 Å². The number of hydrogen-bond donors (Lipinski definition) is 2. The van der Waals surface area contributed by atoms with Gasteiger partial charge in [0.05, 0.1) is 11.4 Å². The summed E-state index contributed by atoms with van der Waals surface area (Å²) < 4.78 is 15.2. The van der Waals surface area contributed by atoms with Crippen LogP contribution in [0.4, 0.5) is 4.39 Å². The summed E-state index contributed by atoms with van der Waals surface area (Å²) in [7, 11) is 0. The minimum Gasteiger partial charge on any atom is -0.481 e. The smallest absolute Gasteiger partial charge is 0.303 e. The van der Waals surface area contributed by atoms with Gasteiger partial charge in [0.25, 0.3) is 0 Å². The summed E-state index contributed by atoms with van der Waals surface area (Å²) in [5, 5.41) is 17.7. The zero-order valence-corrected chi connectivity index (χ0v) is 15.0. The Labute approximate surface area is 159 Å². The SMILES string of the molecule is O=C(O)CC[C@@H]1N=C(c2ccc(F)cc2)c2ccccc2-n2c(S)nnc21. The van der Waals surface area contributed by atoms with Crippen molar-refractivity contribution in [2.75, 3.05) is 0 Å². The molecule has 1 N–H and O–H groups in total. The summed E-state index contributed by atoms with van der Waals surface area (Å²) in [4.78, 5) is 15.9. The van der Waals surface area contributed by atoms with Crippen LogP contribution in [0.25, 0.3) is 5.69 Å². The molecule has 0 saturated heterocycles. The second-order valence-electron chi connectivity index (χ2n) is 6.14. The number of rotatable bonds is 4. The highest BCUT2D eigenvalue weighted by Crippen LogP contribution is 2.33. The van der Waals surface area contributed by atoms with Gasteiger partial charge in [0, 0.05) is 17.5 Å². The quantitative estimate of drug-likeness (QED) is 0.678. The molecule has 1 aromatic heterocycles. The lowest BCUT2D eigenvalue weighted by Crippen LogP contribution is -2.08. The van der Waals surface area contributed by atoms with Crippen molar-refractivity contribution in [2.45, 2.75) is 24.0 Å². The molecule has 0 unspecified atom stereocenters. The fourth-order valence-electron chi connectivity index (χ4n) is 3.18. The minimum absolute atomic E-state index is 0.0595. The maximum atomic E-state index is 13.4. The molecule has 136 valence electrons. The molecule has 0 fully saturated rings. The normalized spacial score (nSPS) is 15.5. The monoisotopic (exact) mass is 382 g/mol. The standard InChI is InChI=1S/C19H15FN4O2S/c20-12-7-5-11(6-8-12)17-13-3-1-2-4-15(13)24-18(22-23-19(24)27)14(21-17)9-10-16(25)26/h1-8,14H,9-10H2,(H,23,27)(H,25,26)/t14-/m0/s1. The number of fused-ring (bicyclic) bond motifs is 3. The minimum atomic E-state index is -0.910. The Morgan fingerprint density at radius 1 is 1.15 bits per heavy atom. The predicted octanol–water partition coefficient (Wildman–Crippen LogP) is 3.45. The molecule has 8 heteroatoms. The number of aromatic nitrogens is 3. The molecule has 6 nitrogen and oxygen atoms in total. The van der Waals surface area contributed by atoms with Crippen LogP contribution < -0.4 is 0 Å². The molecular weight excluding hydrogens is 367 g/mol. The molecule has 2 aromatic carbocycles. The van der Waals surface area contributed by atoms with Crippen molar-refractivity contribution in [3.8, 4) is 5.69 Å². The molecule has 0 bridgehead atoms. The number of thiol groups is 1. The van der Waals surface area contributed by atoms with Crippen LogP contribution in [0.5, 0.6) is 0 Å². The van der Waals surface area contributed by atoms with E-state index in [0.717, 1.165) is 16.8 Å². The van der Waals surface area contributed by atoms with Crippen molar-refractivity contribution in [1.29, 1.82) is 0 Å². The third kappa shape index (κ3) is 3.23. The van der Waals surface area contributed by atoms with E-state index in [4.69, 9.17) is 10.1 Å². The first kappa shape index (κ1) is 17.4. The van der Waals surface area contributed by atoms with Crippen LogP contribution in [0.2, 0.25) is 0 Å². The number of carboxylic acid groups (broad SMARTS) is 1. The van der Waals surface area contributed by atoms with Gasteiger partial charge in [0.2, 0.25) is 0 Å². The zero-order chi connectivity index (χ0) is 19.0. The Morgan fingerprint density at radius 3 is 2.63 bits per heavy atom. The van der Waals surface area contributed by atoms with Crippen molar-refractivity contribution in [3.05, 3.63) is 71.3 Å². The van der Waals surface area contributed by atoms with Gasteiger partial charge in [-0.15, -0.1) is 22.8 Å². The largest absolute Gasteiger partial charge is 0.481 e. The fraction of sp³-hybridized carbons (Fsp3) is 0.158. The van der Waals surface area contributed by atoms with E-state index in [1.54, 1.807) is 16.7 Å². The van der Waals surface area contributed by atoms with Gasteiger partial charge in [-0.2, -0.15) is 0 Å². The molecule has 0 radical (unpaired) electrons. The van der Waals surface area contributed by atoms with Crippen LogP contribution in [0, 0.1) is 5.82 Å². The highest BCUT2D eigenvalue weighted by molar-refractivity contribution is 7.80. The number of benzene rings is 2. The van der Waals surface area contributed by atoms with Crippen molar-refractivity contribution in [1.82, 2.24) is 14.8 Å². The van der Waals surface area contributed by atoms with Crippen molar-refractivity contribution in [2.24, 2.45) is 4.99 Å². The van der Waals surface area contributed by atoms with Gasteiger partial charge in [-0.05, 0) is 36.8 Å². The zero-order valence-electron chi connectivity index (χ0n) is 14.1. The average Bonchev–Trinajstić information content (AvgIpc) is 2.97. The van der Waals surface area contributed by atoms with Crippen LogP contribution in [0.3, 0.4) is 0 Å². The van der Waals surface area contributed by atoms with Crippen LogP contribution in [0.1, 0.15) is 35.8 Å². The molecule has 4 rings (SSSR count). The van der Waals surface area contributed by atoms with Gasteiger partial charge in [-0.25, -0.2) is 4.39 Å². The van der Waals surface area contributed by atoms with Crippen LogP contribution >= 0.6 is 12.6 Å². The Balaban J connectivity index is 1.94. The van der Waals surface area contributed by atoms with E-state index < -0.39 is 12.0 Å². The highest BCUT2D eigenvalue weighted by Gasteiger charge is 2.28. The first-order valence-electron chi connectivity index (χ1n) is 8.34. The number of nitrogens with zero attached hydrogens (tertiary/aromatic N) is 4. The van der Waals surface area contributed by atoms with E-state index in [2.05, 4.69) is 22.8 Å². The lowest BCUT2D eigenvalue weighted by atomic mass is 10.0. The first-order valence-corrected chi connectivity index (χ1v) is 8.79. The number of hydrogen-bond acceptors (Lipinski definition) is 5. The molecule has 1 atom stereocenters. The van der Waals surface area contributed by atoms with Gasteiger partial charge < -0.3 is 5.11 Å². The second kappa shape index (κ2) is 6.96. The van der Waals surface area contributed by atoms with E-state index in [0.29, 0.717) is 16.7 Å². The fourth-order valence-corrected chi connectivity index (χ4v) is 3.43. The molecule has 3 aromatic rings. The van der Waals surface area contributed by atoms with Crippen LogP contribution in [-0.4, -0.2) is 31.6 Å². The van der Waals surface area contributed by atoms with Crippen molar-refractivity contribution < 1.29 is 14.3 Å². The molecule has 1 aliphatic rings. The summed E-state index contributed by atoms with van der Waals surface area (Å²) >= 11 is 4.41. The van der Waals surface area contributed by atoms with Gasteiger partial charge in [0.1, 0.15) is 11.9 Å². The van der Waals surface area contributed by atoms with E-state index >= 15 is 0 Å². The maximum Gasteiger partial charge on any atom is 0.303 e. The Morgan fingerprint density at radius 2 is 1.89 bits per heavy atom. The summed E-state index contributed by atoms with van der Waals surface area (Å²) in [5.41, 5.74) is 3.00. The van der Waals surface area contributed by atoms with E-state index in [-0.39, 0.29) is 18.7 Å². The molecule has 0 aliphatic carbocycles. The molecule has 27 heavy (non-hydrogen) atoms. The second-order valence-corrected chi connectivity index (χ2v) is 6.54. The molecule has 0 amide bonds. The van der Waals surface area contributed by atoms with Gasteiger partial charge >= 0.3 is 5.97 Å². The number of aliphatic carboxylic acids is 1. The van der Waals surface area contributed by atoms with E-state index in [9.17, 15) is 9.18 Å². The number of carboxylic acids is 1. The Hall–Kier alpha value is -3.00. The Bertz CT molecular complexity index is 1050. The first-order chi connectivity index (χ1) is 13.0. The predicted molar refractivity (Wildman–Crippen MR) is 100 cm³/mol. The maximum absolute atomic E-state index is 13.4. The van der Waals surface area contributed by atoms with E-state index in [1.165, 1.54) is 12.1 Å². The van der Waals surface area contributed by atoms with E-state index in [1.807, 2.05) is 24.3 Å². The molecular formula is C19H15FN4O2S. The summed E-state index contributed by atoms with van der Waals surface area (Å²) in [6.45, 7) is 0. The molecule has 0 spiro atoms. The third-order valence-electron chi connectivity index (χ3n) is 4.40. The lowest BCUT2D eigenvalue weighted by molar-refractivity contribution is -0.137. The third-order valence-corrected chi connectivity index (χ3v) is 4.69. The summed E-state index contributed by atoms with van der Waals surface area (Å²) in [5.74, 6) is -0.711. The van der Waals surface area contributed by atoms with Gasteiger partial charge in [-0.1, -0.05) is 18.2 Å². The Kier molecular flexibility index (Phi) is 4.49.